The zero-order valence-corrected chi connectivity index (χ0v) is 16.1. The SMILES string of the molecule is FC(F)(F)c1ccc(Nc2ccnc3nc(-c4nnc(Cl)cc4C(F)(F)F)cnc23)nc1. The summed E-state index contributed by atoms with van der Waals surface area (Å²) in [5.41, 5.74) is -2.50. The Kier molecular flexibility index (Phi) is 5.28. The molecule has 4 aromatic rings. The summed E-state index contributed by atoms with van der Waals surface area (Å²) in [6.07, 6.45) is -6.30. The van der Waals surface area contributed by atoms with E-state index in [1.807, 2.05) is 0 Å². The highest BCUT2D eigenvalue weighted by atomic mass is 35.5. The maximum atomic E-state index is 13.4. The predicted octanol–water partition coefficient (Wildman–Crippen LogP) is 5.31. The van der Waals surface area contributed by atoms with Crippen LogP contribution in [0.4, 0.5) is 37.8 Å². The van der Waals surface area contributed by atoms with Crippen LogP contribution in [0.3, 0.4) is 0 Å². The fourth-order valence-corrected chi connectivity index (χ4v) is 2.83. The number of nitrogens with one attached hydrogen (secondary N) is 1. The molecule has 0 saturated carbocycles. The zero-order valence-electron chi connectivity index (χ0n) is 15.4. The minimum atomic E-state index is -4.77. The summed E-state index contributed by atoms with van der Waals surface area (Å²) in [5, 5.41) is 9.26. The molecule has 0 aliphatic rings. The van der Waals surface area contributed by atoms with Gasteiger partial charge in [0.2, 0.25) is 0 Å². The van der Waals surface area contributed by atoms with Crippen LogP contribution in [0.5, 0.6) is 0 Å². The number of alkyl halides is 6. The average molecular weight is 472 g/mol. The molecule has 1 N–H and O–H groups in total. The van der Waals surface area contributed by atoms with Crippen molar-refractivity contribution in [2.75, 3.05) is 5.32 Å². The maximum Gasteiger partial charge on any atom is 0.418 e. The number of anilines is 2. The summed E-state index contributed by atoms with van der Waals surface area (Å²) in [6.45, 7) is 0. The maximum absolute atomic E-state index is 13.4. The smallest absolute Gasteiger partial charge is 0.338 e. The number of hydrogen-bond donors (Lipinski definition) is 1. The van der Waals surface area contributed by atoms with E-state index in [9.17, 15) is 26.3 Å². The Hall–Kier alpha value is -3.61. The van der Waals surface area contributed by atoms with Gasteiger partial charge in [-0.2, -0.15) is 26.3 Å². The highest BCUT2D eigenvalue weighted by Crippen LogP contribution is 2.36. The molecule has 14 heteroatoms. The lowest BCUT2D eigenvalue weighted by atomic mass is 10.1. The minimum absolute atomic E-state index is 0.0377. The third-order valence-corrected chi connectivity index (χ3v) is 4.30. The Morgan fingerprint density at radius 3 is 2.28 bits per heavy atom. The van der Waals surface area contributed by atoms with Crippen molar-refractivity contribution in [3.63, 3.8) is 0 Å². The van der Waals surface area contributed by atoms with Gasteiger partial charge in [-0.1, -0.05) is 11.6 Å². The summed E-state index contributed by atoms with van der Waals surface area (Å²) in [5.74, 6) is 0.0827. The topological polar surface area (TPSA) is 89.4 Å². The second-order valence-corrected chi connectivity index (χ2v) is 6.66. The van der Waals surface area contributed by atoms with E-state index < -0.39 is 34.3 Å². The van der Waals surface area contributed by atoms with Gasteiger partial charge >= 0.3 is 12.4 Å². The molecule has 0 amide bonds. The van der Waals surface area contributed by atoms with E-state index in [4.69, 9.17) is 11.6 Å². The molecule has 0 aliphatic heterocycles. The fraction of sp³-hybridized carbons (Fsp3) is 0.111. The van der Waals surface area contributed by atoms with Crippen LogP contribution in [0.25, 0.3) is 22.6 Å². The van der Waals surface area contributed by atoms with E-state index >= 15 is 0 Å². The highest BCUT2D eigenvalue weighted by Gasteiger charge is 2.36. The fourth-order valence-electron chi connectivity index (χ4n) is 2.68. The third kappa shape index (κ3) is 4.37. The van der Waals surface area contributed by atoms with Crippen LogP contribution in [-0.2, 0) is 12.4 Å². The molecule has 0 atom stereocenters. The minimum Gasteiger partial charge on any atom is -0.338 e. The molecule has 0 spiro atoms. The third-order valence-electron chi connectivity index (χ3n) is 4.11. The molecule has 164 valence electrons. The molecule has 4 rings (SSSR count). The Bertz CT molecular complexity index is 1290. The van der Waals surface area contributed by atoms with Crippen molar-refractivity contribution in [1.82, 2.24) is 30.1 Å². The Morgan fingerprint density at radius 1 is 0.844 bits per heavy atom. The molecule has 0 bridgehead atoms. The van der Waals surface area contributed by atoms with Crippen molar-refractivity contribution >= 4 is 34.3 Å². The molecule has 0 unspecified atom stereocenters. The standard InChI is InChI=1S/C18H8ClF6N7/c19-12-5-9(18(23,24)25)14(32-31-12)11-7-28-15-10(3-4-26-16(15)30-11)29-13-2-1-8(6-27-13)17(20,21)22/h1-7H,(H,26,27,29,30). The number of aromatic nitrogens is 6. The van der Waals surface area contributed by atoms with Crippen molar-refractivity contribution in [1.29, 1.82) is 0 Å². The summed E-state index contributed by atoms with van der Waals surface area (Å²) in [6, 6.07) is 4.05. The first-order chi connectivity index (χ1) is 15.0. The van der Waals surface area contributed by atoms with Gasteiger partial charge in [-0.05, 0) is 24.3 Å². The van der Waals surface area contributed by atoms with Gasteiger partial charge in [-0.3, -0.25) is 0 Å². The van der Waals surface area contributed by atoms with Crippen LogP contribution < -0.4 is 5.32 Å². The predicted molar refractivity (Wildman–Crippen MR) is 101 cm³/mol. The van der Waals surface area contributed by atoms with Gasteiger partial charge in [0.15, 0.2) is 10.8 Å². The van der Waals surface area contributed by atoms with Gasteiger partial charge in [0.1, 0.15) is 22.7 Å². The van der Waals surface area contributed by atoms with Crippen molar-refractivity contribution in [2.45, 2.75) is 12.4 Å². The summed E-state index contributed by atoms with van der Waals surface area (Å²) < 4.78 is 78.1. The highest BCUT2D eigenvalue weighted by molar-refractivity contribution is 6.29. The number of nitrogens with zero attached hydrogens (tertiary/aromatic N) is 6. The largest absolute Gasteiger partial charge is 0.418 e. The molecule has 0 saturated heterocycles. The lowest BCUT2D eigenvalue weighted by Crippen LogP contribution is -2.10. The van der Waals surface area contributed by atoms with Gasteiger partial charge in [0.25, 0.3) is 0 Å². The molecule has 7 nitrogen and oxygen atoms in total. The van der Waals surface area contributed by atoms with Gasteiger partial charge in [-0.25, -0.2) is 19.9 Å². The van der Waals surface area contributed by atoms with E-state index in [2.05, 4.69) is 35.5 Å². The summed E-state index contributed by atoms with van der Waals surface area (Å²) in [4.78, 5) is 15.9. The molecule has 4 heterocycles. The second kappa shape index (κ2) is 7.82. The quantitative estimate of drug-likeness (QED) is 0.405. The van der Waals surface area contributed by atoms with E-state index in [1.54, 1.807) is 0 Å². The Labute approximate surface area is 179 Å². The molecule has 4 aromatic heterocycles. The first kappa shape index (κ1) is 21.6. The summed E-state index contributed by atoms with van der Waals surface area (Å²) in [7, 11) is 0. The van der Waals surface area contributed by atoms with Crippen LogP contribution in [-0.4, -0.2) is 30.1 Å². The first-order valence-corrected chi connectivity index (χ1v) is 8.93. The van der Waals surface area contributed by atoms with Crippen LogP contribution in [0.15, 0.2) is 42.9 Å². The zero-order chi connectivity index (χ0) is 23.1. The van der Waals surface area contributed by atoms with Crippen molar-refractivity contribution in [3.8, 4) is 11.4 Å². The van der Waals surface area contributed by atoms with E-state index in [0.717, 1.165) is 18.3 Å². The number of fused-ring (bicyclic) bond motifs is 1. The van der Waals surface area contributed by atoms with E-state index in [-0.39, 0.29) is 28.4 Å². The number of pyridine rings is 2. The number of rotatable bonds is 3. The lowest BCUT2D eigenvalue weighted by Gasteiger charge is -2.12. The van der Waals surface area contributed by atoms with Crippen LogP contribution in [0.2, 0.25) is 5.15 Å². The molecule has 0 radical (unpaired) electrons. The second-order valence-electron chi connectivity index (χ2n) is 6.27. The molecular weight excluding hydrogens is 464 g/mol. The Morgan fingerprint density at radius 2 is 1.62 bits per heavy atom. The molecular formula is C18H8ClF6N7. The number of hydrogen-bond acceptors (Lipinski definition) is 7. The van der Waals surface area contributed by atoms with Gasteiger partial charge in [0.05, 0.1) is 23.0 Å². The average Bonchev–Trinajstić information content (AvgIpc) is 2.73. The molecule has 32 heavy (non-hydrogen) atoms. The van der Waals surface area contributed by atoms with Crippen LogP contribution in [0, 0.1) is 0 Å². The van der Waals surface area contributed by atoms with Crippen LogP contribution in [0.1, 0.15) is 11.1 Å². The Balaban J connectivity index is 1.71. The lowest BCUT2D eigenvalue weighted by molar-refractivity contribution is -0.138. The van der Waals surface area contributed by atoms with Crippen LogP contribution >= 0.6 is 11.6 Å². The molecule has 0 aliphatic carbocycles. The van der Waals surface area contributed by atoms with Gasteiger partial charge in [0, 0.05) is 12.4 Å². The van der Waals surface area contributed by atoms with Crippen molar-refractivity contribution in [2.24, 2.45) is 0 Å². The monoisotopic (exact) mass is 471 g/mol. The summed E-state index contributed by atoms with van der Waals surface area (Å²) >= 11 is 5.54. The number of halogens is 7. The van der Waals surface area contributed by atoms with Crippen molar-refractivity contribution < 1.29 is 26.3 Å². The van der Waals surface area contributed by atoms with E-state index in [1.165, 1.54) is 12.3 Å². The van der Waals surface area contributed by atoms with Gasteiger partial charge in [-0.15, -0.1) is 10.2 Å². The van der Waals surface area contributed by atoms with Gasteiger partial charge < -0.3 is 5.32 Å². The molecule has 0 fully saturated rings. The van der Waals surface area contributed by atoms with E-state index in [0.29, 0.717) is 12.3 Å². The normalized spacial score (nSPS) is 12.2. The first-order valence-electron chi connectivity index (χ1n) is 8.55. The molecule has 0 aromatic carbocycles. The van der Waals surface area contributed by atoms with Crippen molar-refractivity contribution in [3.05, 3.63) is 59.1 Å².